The topological polar surface area (TPSA) is 82.3 Å². The summed E-state index contributed by atoms with van der Waals surface area (Å²) in [5, 5.41) is 6.88. The second-order valence-electron chi connectivity index (χ2n) is 8.61. The molecule has 0 bridgehead atoms. The number of hydrogen-bond donors (Lipinski definition) is 2. The molecule has 2 heterocycles. The highest BCUT2D eigenvalue weighted by atomic mass is 16.5. The van der Waals surface area contributed by atoms with E-state index in [9.17, 15) is 4.79 Å². The Balaban J connectivity index is 1.63. The average molecular weight is 420 g/mol. The molecule has 1 aliphatic heterocycles. The fourth-order valence-electron chi connectivity index (χ4n) is 4.59. The lowest BCUT2D eigenvalue weighted by molar-refractivity contribution is -0.138. The van der Waals surface area contributed by atoms with Gasteiger partial charge in [0.05, 0.1) is 24.7 Å². The fraction of sp³-hybridized carbons (Fsp3) is 0.727. The first-order valence-electron chi connectivity index (χ1n) is 11.0. The van der Waals surface area contributed by atoms with Crippen molar-refractivity contribution in [1.29, 1.82) is 0 Å². The summed E-state index contributed by atoms with van der Waals surface area (Å²) in [6.45, 7) is 6.46. The molecule has 1 atom stereocenters. The molecule has 1 unspecified atom stereocenters. The molecular weight excluding hydrogens is 382 g/mol. The van der Waals surface area contributed by atoms with Gasteiger partial charge in [-0.25, -0.2) is 0 Å². The van der Waals surface area contributed by atoms with E-state index in [1.54, 1.807) is 11.9 Å². The predicted octanol–water partition coefficient (Wildman–Crippen LogP) is 1.77. The van der Waals surface area contributed by atoms with Crippen LogP contribution >= 0.6 is 0 Å². The van der Waals surface area contributed by atoms with Crippen molar-refractivity contribution in [2.45, 2.75) is 38.6 Å². The first kappa shape index (κ1) is 22.6. The molecule has 1 amide bonds. The lowest BCUT2D eigenvalue weighted by Crippen LogP contribution is -2.50. The van der Waals surface area contributed by atoms with E-state index >= 15 is 0 Å². The van der Waals surface area contributed by atoms with Gasteiger partial charge in [0, 0.05) is 47.3 Å². The maximum absolute atomic E-state index is 12.8. The highest BCUT2D eigenvalue weighted by molar-refractivity contribution is 5.85. The lowest BCUT2D eigenvalue weighted by atomic mass is 9.84. The predicted molar refractivity (Wildman–Crippen MR) is 118 cm³/mol. The summed E-state index contributed by atoms with van der Waals surface area (Å²) in [5.41, 5.74) is -0.331. The summed E-state index contributed by atoms with van der Waals surface area (Å²) < 4.78 is 11.5. The van der Waals surface area contributed by atoms with Crippen molar-refractivity contribution < 1.29 is 13.9 Å². The Bertz CT molecular complexity index is 718. The number of hydrogen-bond acceptors (Lipinski definition) is 5. The van der Waals surface area contributed by atoms with Crippen molar-refractivity contribution in [3.63, 3.8) is 0 Å². The minimum atomic E-state index is -0.331. The molecule has 1 saturated heterocycles. The van der Waals surface area contributed by atoms with Crippen LogP contribution in [0.3, 0.4) is 0 Å². The molecule has 1 aromatic rings. The van der Waals surface area contributed by atoms with Gasteiger partial charge in [-0.15, -0.1) is 0 Å². The summed E-state index contributed by atoms with van der Waals surface area (Å²) in [6, 6.07) is 4.16. The van der Waals surface area contributed by atoms with E-state index < -0.39 is 0 Å². The Kier molecular flexibility index (Phi) is 7.77. The summed E-state index contributed by atoms with van der Waals surface area (Å²) in [5.74, 6) is 2.79. The maximum Gasteiger partial charge on any atom is 0.230 e. The van der Waals surface area contributed by atoms with Gasteiger partial charge < -0.3 is 24.7 Å². The van der Waals surface area contributed by atoms with Crippen molar-refractivity contribution in [3.8, 4) is 0 Å². The second-order valence-corrected chi connectivity index (χ2v) is 8.61. The van der Waals surface area contributed by atoms with Gasteiger partial charge in [0.15, 0.2) is 5.96 Å². The van der Waals surface area contributed by atoms with Gasteiger partial charge in [-0.3, -0.25) is 14.7 Å². The van der Waals surface area contributed by atoms with Gasteiger partial charge in [-0.1, -0.05) is 12.8 Å². The van der Waals surface area contributed by atoms with Crippen molar-refractivity contribution >= 4 is 11.9 Å². The summed E-state index contributed by atoms with van der Waals surface area (Å²) in [7, 11) is 5.45. The Hall–Kier alpha value is -2.06. The molecule has 1 aliphatic carbocycles. The Labute approximate surface area is 180 Å². The summed E-state index contributed by atoms with van der Waals surface area (Å²) >= 11 is 0. The number of nitrogens with zero attached hydrogens (tertiary/aromatic N) is 3. The number of amides is 1. The van der Waals surface area contributed by atoms with Crippen molar-refractivity contribution in [2.24, 2.45) is 10.4 Å². The number of carbonyl (C=O) groups is 1. The number of guanidine groups is 1. The molecule has 1 saturated carbocycles. The summed E-state index contributed by atoms with van der Waals surface area (Å²) in [6.07, 6.45) is 4.06. The van der Waals surface area contributed by atoms with Crippen LogP contribution in [0.1, 0.15) is 43.2 Å². The molecule has 2 fully saturated rings. The van der Waals surface area contributed by atoms with E-state index in [1.807, 2.05) is 27.1 Å². The molecule has 0 spiro atoms. The van der Waals surface area contributed by atoms with Crippen LogP contribution in [0.4, 0.5) is 0 Å². The Morgan fingerprint density at radius 1 is 1.23 bits per heavy atom. The van der Waals surface area contributed by atoms with Crippen LogP contribution in [0.15, 0.2) is 21.5 Å². The van der Waals surface area contributed by atoms with Crippen molar-refractivity contribution in [2.75, 3.05) is 60.5 Å². The zero-order valence-electron chi connectivity index (χ0n) is 18.9. The lowest BCUT2D eigenvalue weighted by Gasteiger charge is -2.34. The van der Waals surface area contributed by atoms with Crippen LogP contribution in [-0.4, -0.2) is 82.2 Å². The Morgan fingerprint density at radius 2 is 1.93 bits per heavy atom. The maximum atomic E-state index is 12.8. The number of carbonyl (C=O) groups excluding carboxylic acids is 1. The van der Waals surface area contributed by atoms with E-state index in [-0.39, 0.29) is 17.4 Å². The quantitative estimate of drug-likeness (QED) is 0.518. The first-order chi connectivity index (χ1) is 14.4. The number of ether oxygens (including phenoxy) is 1. The number of rotatable bonds is 7. The summed E-state index contributed by atoms with van der Waals surface area (Å²) in [4.78, 5) is 21.3. The number of morpholine rings is 1. The third-order valence-corrected chi connectivity index (χ3v) is 6.28. The normalized spacial score (nSPS) is 20.7. The minimum absolute atomic E-state index is 0.102. The number of furan rings is 1. The number of aryl methyl sites for hydroxylation is 1. The zero-order valence-corrected chi connectivity index (χ0v) is 18.9. The Morgan fingerprint density at radius 3 is 2.50 bits per heavy atom. The molecule has 30 heavy (non-hydrogen) atoms. The van der Waals surface area contributed by atoms with Crippen LogP contribution in [0, 0.1) is 12.3 Å². The van der Waals surface area contributed by atoms with Crippen molar-refractivity contribution in [1.82, 2.24) is 20.4 Å². The number of nitrogens with one attached hydrogen (secondary N) is 2. The smallest absolute Gasteiger partial charge is 0.230 e. The molecule has 8 nitrogen and oxygen atoms in total. The minimum Gasteiger partial charge on any atom is -0.465 e. The molecule has 2 aliphatic rings. The van der Waals surface area contributed by atoms with Crippen LogP contribution in [0.2, 0.25) is 0 Å². The second kappa shape index (κ2) is 10.3. The van der Waals surface area contributed by atoms with Gasteiger partial charge in [0.1, 0.15) is 11.5 Å². The molecular formula is C22H37N5O3. The van der Waals surface area contributed by atoms with E-state index in [2.05, 4.69) is 26.6 Å². The van der Waals surface area contributed by atoms with Gasteiger partial charge in [0.25, 0.3) is 0 Å². The zero-order chi connectivity index (χ0) is 21.6. The largest absolute Gasteiger partial charge is 0.465 e. The van der Waals surface area contributed by atoms with E-state index in [1.165, 1.54) is 0 Å². The van der Waals surface area contributed by atoms with E-state index in [0.717, 1.165) is 69.5 Å². The van der Waals surface area contributed by atoms with Gasteiger partial charge in [0.2, 0.25) is 5.91 Å². The third kappa shape index (κ3) is 5.35. The van der Waals surface area contributed by atoms with Crippen LogP contribution in [0.5, 0.6) is 0 Å². The SMILES string of the molecule is CN=C(NCC(c1ccc(C)o1)N1CCOCC1)NCC1(C(=O)N(C)C)CCCC1. The molecule has 2 N–H and O–H groups in total. The molecule has 0 radical (unpaired) electrons. The number of aliphatic imine (C=N–C) groups is 1. The molecule has 168 valence electrons. The van der Waals surface area contributed by atoms with Crippen LogP contribution in [-0.2, 0) is 9.53 Å². The molecule has 0 aromatic carbocycles. The van der Waals surface area contributed by atoms with Gasteiger partial charge in [-0.2, -0.15) is 0 Å². The first-order valence-corrected chi connectivity index (χ1v) is 11.0. The van der Waals surface area contributed by atoms with Gasteiger partial charge in [-0.05, 0) is 31.9 Å². The highest BCUT2D eigenvalue weighted by Gasteiger charge is 2.42. The van der Waals surface area contributed by atoms with E-state index in [0.29, 0.717) is 13.1 Å². The highest BCUT2D eigenvalue weighted by Crippen LogP contribution is 2.38. The monoisotopic (exact) mass is 419 g/mol. The van der Waals surface area contributed by atoms with Crippen LogP contribution < -0.4 is 10.6 Å². The molecule has 8 heteroatoms. The standard InChI is InChI=1S/C22H37N5O3/c1-17-7-8-19(30-17)18(27-11-13-29-14-12-27)15-24-21(23-2)25-16-22(9-5-6-10-22)20(28)26(3)4/h7-8,18H,5-6,9-16H2,1-4H3,(H2,23,24,25). The van der Waals surface area contributed by atoms with Gasteiger partial charge >= 0.3 is 0 Å². The molecule has 3 rings (SSSR count). The average Bonchev–Trinajstić information content (AvgIpc) is 3.40. The molecule has 1 aromatic heterocycles. The fourth-order valence-corrected chi connectivity index (χ4v) is 4.59. The van der Waals surface area contributed by atoms with Crippen molar-refractivity contribution in [3.05, 3.63) is 23.7 Å². The van der Waals surface area contributed by atoms with Crippen LogP contribution in [0.25, 0.3) is 0 Å². The third-order valence-electron chi connectivity index (χ3n) is 6.28. The van der Waals surface area contributed by atoms with E-state index in [4.69, 9.17) is 9.15 Å².